The molecule has 188 valence electrons. The SMILES string of the molecule is COc1cc(OC)cc(C(C)CC2C(O)C(C)=C(C)C(C)(C(=O)OCCS(C)(C)C)C2O)c1. The molecule has 2 rings (SSSR count). The Morgan fingerprint density at radius 1 is 1.09 bits per heavy atom. The molecule has 0 bridgehead atoms. The van der Waals surface area contributed by atoms with Crippen LogP contribution in [0.1, 0.15) is 45.6 Å². The number of hydrogen-bond acceptors (Lipinski definition) is 6. The van der Waals surface area contributed by atoms with Crippen LogP contribution in [-0.4, -0.2) is 73.7 Å². The van der Waals surface area contributed by atoms with Crippen molar-refractivity contribution in [3.63, 3.8) is 0 Å². The lowest BCUT2D eigenvalue weighted by molar-refractivity contribution is -0.164. The summed E-state index contributed by atoms with van der Waals surface area (Å²) in [5, 5.41) is 22.5. The summed E-state index contributed by atoms with van der Waals surface area (Å²) in [5.74, 6) is 1.21. The van der Waals surface area contributed by atoms with E-state index in [1.807, 2.05) is 39.0 Å². The molecule has 7 heteroatoms. The predicted octanol–water partition coefficient (Wildman–Crippen LogP) is 4.13. The Morgan fingerprint density at radius 3 is 2.12 bits per heavy atom. The van der Waals surface area contributed by atoms with Crippen LogP contribution in [0.15, 0.2) is 29.3 Å². The van der Waals surface area contributed by atoms with Crippen molar-refractivity contribution in [3.05, 3.63) is 34.9 Å². The van der Waals surface area contributed by atoms with Gasteiger partial charge in [-0.05, 0) is 75.1 Å². The Balaban J connectivity index is 2.31. The minimum atomic E-state index is -1.20. The van der Waals surface area contributed by atoms with Gasteiger partial charge in [0.2, 0.25) is 0 Å². The molecule has 0 fully saturated rings. The van der Waals surface area contributed by atoms with Crippen LogP contribution >= 0.6 is 10.0 Å². The van der Waals surface area contributed by atoms with Crippen LogP contribution in [0.4, 0.5) is 0 Å². The largest absolute Gasteiger partial charge is 0.497 e. The predicted molar refractivity (Wildman–Crippen MR) is 136 cm³/mol. The lowest BCUT2D eigenvalue weighted by Crippen LogP contribution is -2.53. The van der Waals surface area contributed by atoms with Gasteiger partial charge < -0.3 is 24.4 Å². The van der Waals surface area contributed by atoms with Gasteiger partial charge in [0.1, 0.15) is 16.9 Å². The Morgan fingerprint density at radius 2 is 1.64 bits per heavy atom. The second-order valence-corrected chi connectivity index (χ2v) is 14.9. The van der Waals surface area contributed by atoms with Crippen molar-refractivity contribution in [2.24, 2.45) is 11.3 Å². The van der Waals surface area contributed by atoms with Gasteiger partial charge in [-0.15, -0.1) is 0 Å². The average molecular weight is 483 g/mol. The van der Waals surface area contributed by atoms with Gasteiger partial charge in [0, 0.05) is 17.7 Å². The zero-order chi connectivity index (χ0) is 25.1. The first-order chi connectivity index (χ1) is 15.3. The summed E-state index contributed by atoms with van der Waals surface area (Å²) in [5.41, 5.74) is 1.18. The quantitative estimate of drug-likeness (QED) is 0.407. The van der Waals surface area contributed by atoms with Gasteiger partial charge in [0.15, 0.2) is 0 Å². The summed E-state index contributed by atoms with van der Waals surface area (Å²) < 4.78 is 16.4. The van der Waals surface area contributed by atoms with Crippen LogP contribution in [-0.2, 0) is 9.53 Å². The Labute approximate surface area is 200 Å². The number of esters is 1. The van der Waals surface area contributed by atoms with E-state index < -0.39 is 39.5 Å². The number of benzene rings is 1. The van der Waals surface area contributed by atoms with Crippen molar-refractivity contribution in [3.8, 4) is 11.5 Å². The van der Waals surface area contributed by atoms with Crippen molar-refractivity contribution >= 4 is 16.0 Å². The maximum atomic E-state index is 13.2. The number of methoxy groups -OCH3 is 2. The molecule has 0 aliphatic heterocycles. The van der Waals surface area contributed by atoms with E-state index >= 15 is 0 Å². The summed E-state index contributed by atoms with van der Waals surface area (Å²) >= 11 is 0. The zero-order valence-corrected chi connectivity index (χ0v) is 22.4. The molecule has 0 spiro atoms. The van der Waals surface area contributed by atoms with E-state index in [1.165, 1.54) is 0 Å². The summed E-state index contributed by atoms with van der Waals surface area (Å²) in [6.07, 6.45) is 5.10. The molecule has 6 nitrogen and oxygen atoms in total. The third kappa shape index (κ3) is 6.06. The van der Waals surface area contributed by atoms with Gasteiger partial charge in [-0.2, -0.15) is 0 Å². The Bertz CT molecular complexity index is 852. The highest BCUT2D eigenvalue weighted by Gasteiger charge is 2.53. The molecule has 2 N–H and O–H groups in total. The molecule has 33 heavy (non-hydrogen) atoms. The first-order valence-electron chi connectivity index (χ1n) is 11.4. The van der Waals surface area contributed by atoms with Crippen molar-refractivity contribution in [2.75, 3.05) is 45.3 Å². The minimum Gasteiger partial charge on any atom is -0.497 e. The first-order valence-corrected chi connectivity index (χ1v) is 14.4. The standard InChI is InChI=1S/C26H42O6S/c1-16(19-13-20(30-5)15-21(14-19)31-6)12-22-23(27)17(2)18(3)26(4,24(22)28)25(29)32-10-11-33(7,8)9/h13-16,22-24,27-28H,10-12H2,1-9H3. The monoisotopic (exact) mass is 482 g/mol. The normalized spacial score (nSPS) is 27.2. The molecule has 0 amide bonds. The third-order valence-electron chi connectivity index (χ3n) is 7.14. The number of ether oxygens (including phenoxy) is 3. The van der Waals surface area contributed by atoms with Crippen LogP contribution in [0.5, 0.6) is 11.5 Å². The Hall–Kier alpha value is -1.70. The number of carbonyl (C=O) groups excluding carboxylic acids is 1. The van der Waals surface area contributed by atoms with Crippen LogP contribution in [0.3, 0.4) is 0 Å². The van der Waals surface area contributed by atoms with E-state index in [-0.39, 0.29) is 5.92 Å². The molecule has 0 saturated heterocycles. The lowest BCUT2D eigenvalue weighted by atomic mass is 9.62. The molecular weight excluding hydrogens is 440 g/mol. The first kappa shape index (κ1) is 27.5. The average Bonchev–Trinajstić information content (AvgIpc) is 2.77. The van der Waals surface area contributed by atoms with Crippen molar-refractivity contribution in [2.45, 2.75) is 52.2 Å². The number of aliphatic hydroxyl groups excluding tert-OH is 2. The fraction of sp³-hybridized carbons (Fsp3) is 0.654. The van der Waals surface area contributed by atoms with Gasteiger partial charge in [0.05, 0.1) is 33.0 Å². The second kappa shape index (κ2) is 10.7. The molecule has 1 aliphatic rings. The fourth-order valence-corrected chi connectivity index (χ4v) is 5.08. The molecule has 0 heterocycles. The molecule has 1 aliphatic carbocycles. The fourth-order valence-electron chi connectivity index (χ4n) is 4.50. The van der Waals surface area contributed by atoms with E-state index in [9.17, 15) is 15.0 Å². The summed E-state index contributed by atoms with van der Waals surface area (Å²) in [4.78, 5) is 13.2. The van der Waals surface area contributed by atoms with E-state index in [0.717, 1.165) is 16.9 Å². The number of carbonyl (C=O) groups is 1. The van der Waals surface area contributed by atoms with Crippen molar-refractivity contribution < 1.29 is 29.2 Å². The highest BCUT2D eigenvalue weighted by Crippen LogP contribution is 2.47. The third-order valence-corrected chi connectivity index (χ3v) is 8.53. The molecule has 5 unspecified atom stereocenters. The topological polar surface area (TPSA) is 85.2 Å². The molecule has 1 aromatic carbocycles. The molecular formula is C26H42O6S. The van der Waals surface area contributed by atoms with E-state index in [1.54, 1.807) is 21.1 Å². The summed E-state index contributed by atoms with van der Waals surface area (Å²) in [6, 6.07) is 5.68. The van der Waals surface area contributed by atoms with Crippen molar-refractivity contribution in [1.29, 1.82) is 0 Å². The van der Waals surface area contributed by atoms with Gasteiger partial charge >= 0.3 is 5.97 Å². The lowest BCUT2D eigenvalue weighted by Gasteiger charge is -2.46. The second-order valence-electron chi connectivity index (χ2n) is 10.3. The summed E-state index contributed by atoms with van der Waals surface area (Å²) in [7, 11) is 2.41. The molecule has 5 atom stereocenters. The van der Waals surface area contributed by atoms with Crippen LogP contribution in [0, 0.1) is 11.3 Å². The number of rotatable bonds is 9. The summed E-state index contributed by atoms with van der Waals surface area (Å²) in [6.45, 7) is 7.75. The van der Waals surface area contributed by atoms with Crippen LogP contribution in [0.2, 0.25) is 0 Å². The van der Waals surface area contributed by atoms with Gasteiger partial charge in [-0.1, -0.05) is 12.5 Å². The smallest absolute Gasteiger partial charge is 0.318 e. The van der Waals surface area contributed by atoms with Gasteiger partial charge in [-0.25, -0.2) is 10.0 Å². The van der Waals surface area contributed by atoms with Crippen LogP contribution < -0.4 is 9.47 Å². The molecule has 1 aromatic rings. The zero-order valence-electron chi connectivity index (χ0n) is 21.6. The van der Waals surface area contributed by atoms with Gasteiger partial charge in [-0.3, -0.25) is 4.79 Å². The highest BCUT2D eigenvalue weighted by atomic mass is 32.3. The Kier molecular flexibility index (Phi) is 8.93. The minimum absolute atomic E-state index is 0.0146. The maximum Gasteiger partial charge on any atom is 0.318 e. The van der Waals surface area contributed by atoms with E-state index in [4.69, 9.17) is 14.2 Å². The number of aliphatic hydroxyl groups is 2. The van der Waals surface area contributed by atoms with Crippen LogP contribution in [0.25, 0.3) is 0 Å². The van der Waals surface area contributed by atoms with E-state index in [2.05, 4.69) is 18.8 Å². The van der Waals surface area contributed by atoms with Crippen molar-refractivity contribution in [1.82, 2.24) is 0 Å². The van der Waals surface area contributed by atoms with E-state index in [0.29, 0.717) is 30.1 Å². The molecule has 0 aromatic heterocycles. The maximum absolute atomic E-state index is 13.2. The molecule has 0 saturated carbocycles. The van der Waals surface area contributed by atoms with Gasteiger partial charge in [0.25, 0.3) is 0 Å². The number of hydrogen-bond donors (Lipinski definition) is 2. The molecule has 0 radical (unpaired) electrons. The highest BCUT2D eigenvalue weighted by molar-refractivity contribution is 8.32.